The Kier molecular flexibility index (Phi) is 7.75. The van der Waals surface area contributed by atoms with E-state index < -0.39 is 8.80 Å². The van der Waals surface area contributed by atoms with E-state index in [1.165, 1.54) is 43.6 Å². The molecule has 0 amide bonds. The molecule has 5 aromatic rings. The van der Waals surface area contributed by atoms with Crippen LogP contribution in [0.2, 0.25) is 0 Å². The Morgan fingerprint density at radius 3 is 1.87 bits per heavy atom. The van der Waals surface area contributed by atoms with Gasteiger partial charge in [-0.05, 0) is 86.3 Å². The molecule has 5 rings (SSSR count). The molecule has 5 nitrogen and oxygen atoms in total. The quantitative estimate of drug-likeness (QED) is 0.187. The number of rotatable bonds is 10. The Bertz CT molecular complexity index is 1540. The van der Waals surface area contributed by atoms with Gasteiger partial charge in [-0.2, -0.15) is 0 Å². The second-order valence-corrected chi connectivity index (χ2v) is 13.5. The monoisotopic (exact) mass is 544 g/mol. The lowest BCUT2D eigenvalue weighted by molar-refractivity contribution is 0.0866. The molecule has 38 heavy (non-hydrogen) atoms. The fraction of sp³-hybridized carbons (Fsp3) is 0.290. The summed E-state index contributed by atoms with van der Waals surface area (Å²) in [6, 6.07) is 24.3. The van der Waals surface area contributed by atoms with Crippen LogP contribution in [0, 0.1) is 6.92 Å². The maximum atomic E-state index is 6.16. The van der Waals surface area contributed by atoms with Gasteiger partial charge in [0.05, 0.1) is 4.50 Å². The number of aryl methyl sites for hydroxylation is 1. The van der Waals surface area contributed by atoms with Crippen molar-refractivity contribution in [1.29, 1.82) is 0 Å². The van der Waals surface area contributed by atoms with Gasteiger partial charge >= 0.3 is 8.80 Å². The molecular formula is C31H36N2O3SSi. The minimum atomic E-state index is -2.92. The first kappa shape index (κ1) is 26.7. The predicted molar refractivity (Wildman–Crippen MR) is 164 cm³/mol. The summed E-state index contributed by atoms with van der Waals surface area (Å²) in [7, 11) is 1.24. The molecule has 0 aliphatic heterocycles. The Morgan fingerprint density at radius 2 is 1.26 bits per heavy atom. The van der Waals surface area contributed by atoms with Crippen LogP contribution in [0.1, 0.15) is 26.3 Å². The number of benzene rings is 3. The number of H-pyrrole nitrogens is 1. The first-order valence-electron chi connectivity index (χ1n) is 13.3. The molecule has 7 heteroatoms. The van der Waals surface area contributed by atoms with Crippen LogP contribution in [0.15, 0.2) is 66.7 Å². The second-order valence-electron chi connectivity index (χ2n) is 9.57. The van der Waals surface area contributed by atoms with Crippen LogP contribution < -0.4 is 9.40 Å². The number of nitrogens with zero attached hydrogens (tertiary/aromatic N) is 1. The first-order valence-corrected chi connectivity index (χ1v) is 15.8. The highest BCUT2D eigenvalue weighted by Crippen LogP contribution is 2.35. The Labute approximate surface area is 230 Å². The molecule has 0 unspecified atom stereocenters. The minimum Gasteiger partial charge on any atom is -0.378 e. The second kappa shape index (κ2) is 11.0. The molecule has 2 aromatic heterocycles. The third kappa shape index (κ3) is 4.92. The zero-order valence-corrected chi connectivity index (χ0v) is 24.9. The van der Waals surface area contributed by atoms with Gasteiger partial charge in [0.15, 0.2) is 0 Å². The highest BCUT2D eigenvalue weighted by Gasteiger charge is 2.45. The van der Waals surface area contributed by atoms with Gasteiger partial charge in [0, 0.05) is 66.3 Å². The zero-order valence-electron chi connectivity index (χ0n) is 23.1. The van der Waals surface area contributed by atoms with Crippen LogP contribution in [0.25, 0.3) is 43.4 Å². The molecule has 0 bridgehead atoms. The van der Waals surface area contributed by atoms with E-state index in [0.29, 0.717) is 19.8 Å². The molecule has 3 aromatic carbocycles. The van der Waals surface area contributed by atoms with Crippen molar-refractivity contribution in [2.24, 2.45) is 0 Å². The SMILES string of the molecule is CCO[Si](OCC)(OCC)c1cc(C)c(-c2ccc(-c3ccc4[nH]c5ccc(N(C)C)cc5c4c3)cc2)s1. The van der Waals surface area contributed by atoms with Gasteiger partial charge in [-0.15, -0.1) is 11.3 Å². The summed E-state index contributed by atoms with van der Waals surface area (Å²) >= 11 is 1.73. The molecule has 0 fully saturated rings. The third-order valence-electron chi connectivity index (χ3n) is 6.80. The topological polar surface area (TPSA) is 46.7 Å². The van der Waals surface area contributed by atoms with Crippen molar-refractivity contribution < 1.29 is 13.3 Å². The number of aromatic nitrogens is 1. The van der Waals surface area contributed by atoms with Gasteiger partial charge in [0.1, 0.15) is 0 Å². The van der Waals surface area contributed by atoms with Crippen LogP contribution in [0.4, 0.5) is 5.69 Å². The highest BCUT2D eigenvalue weighted by atomic mass is 32.1. The minimum absolute atomic E-state index is 0.560. The van der Waals surface area contributed by atoms with E-state index in [9.17, 15) is 0 Å². The van der Waals surface area contributed by atoms with Gasteiger partial charge < -0.3 is 23.2 Å². The van der Waals surface area contributed by atoms with Crippen molar-refractivity contribution in [1.82, 2.24) is 4.98 Å². The normalized spacial score (nSPS) is 12.1. The predicted octanol–water partition coefficient (Wildman–Crippen LogP) is 7.35. The van der Waals surface area contributed by atoms with Crippen molar-refractivity contribution in [2.45, 2.75) is 27.7 Å². The maximum Gasteiger partial charge on any atom is 0.547 e. The smallest absolute Gasteiger partial charge is 0.378 e. The van der Waals surface area contributed by atoms with E-state index in [-0.39, 0.29) is 0 Å². The number of anilines is 1. The Hall–Kier alpha value is -2.94. The third-order valence-corrected chi connectivity index (χ3v) is 11.7. The standard InChI is InChI=1S/C31H36N2O3SSi/c1-7-34-38(35-8-2,36-9-3)30-18-21(4)31(37-30)23-12-10-22(11-13-23)24-14-16-28-26(19-24)27-20-25(33(5)6)15-17-29(27)32-28/h10-20,32H,7-9H2,1-6H3. The number of aromatic amines is 1. The van der Waals surface area contributed by atoms with E-state index in [0.717, 1.165) is 15.5 Å². The summed E-state index contributed by atoms with van der Waals surface area (Å²) in [5.41, 5.74) is 8.33. The summed E-state index contributed by atoms with van der Waals surface area (Å²) in [6.45, 7) is 9.82. The van der Waals surface area contributed by atoms with Crippen molar-refractivity contribution in [3.63, 3.8) is 0 Å². The fourth-order valence-electron chi connectivity index (χ4n) is 4.99. The first-order chi connectivity index (χ1) is 18.4. The van der Waals surface area contributed by atoms with E-state index in [2.05, 4.69) is 97.6 Å². The Morgan fingerprint density at radius 1 is 0.711 bits per heavy atom. The number of fused-ring (bicyclic) bond motifs is 3. The average Bonchev–Trinajstić information content (AvgIpc) is 3.49. The molecule has 0 saturated carbocycles. The van der Waals surface area contributed by atoms with Crippen molar-refractivity contribution in [3.05, 3.63) is 72.3 Å². The fourth-order valence-corrected chi connectivity index (χ4v) is 9.46. The lowest BCUT2D eigenvalue weighted by atomic mass is 10.0. The molecule has 2 heterocycles. The summed E-state index contributed by atoms with van der Waals surface area (Å²) < 4.78 is 19.5. The molecule has 0 saturated heterocycles. The van der Waals surface area contributed by atoms with Crippen molar-refractivity contribution in [2.75, 3.05) is 38.8 Å². The number of hydrogen-bond acceptors (Lipinski definition) is 5. The van der Waals surface area contributed by atoms with E-state index >= 15 is 0 Å². The highest BCUT2D eigenvalue weighted by molar-refractivity contribution is 7.27. The molecule has 1 N–H and O–H groups in total. The maximum absolute atomic E-state index is 6.16. The average molecular weight is 545 g/mol. The van der Waals surface area contributed by atoms with E-state index in [1.54, 1.807) is 11.3 Å². The molecule has 0 aliphatic carbocycles. The van der Waals surface area contributed by atoms with Gasteiger partial charge in [-0.1, -0.05) is 30.3 Å². The summed E-state index contributed by atoms with van der Waals surface area (Å²) in [4.78, 5) is 6.93. The summed E-state index contributed by atoms with van der Waals surface area (Å²) in [5, 5.41) is 2.49. The van der Waals surface area contributed by atoms with Crippen LogP contribution in [0.3, 0.4) is 0 Å². The molecule has 198 valence electrons. The molecular weight excluding hydrogens is 509 g/mol. The Balaban J connectivity index is 1.49. The van der Waals surface area contributed by atoms with Gasteiger partial charge in [0.25, 0.3) is 0 Å². The summed E-state index contributed by atoms with van der Waals surface area (Å²) in [5.74, 6) is 0. The lowest BCUT2D eigenvalue weighted by Gasteiger charge is -2.27. The number of thiophene rings is 1. The van der Waals surface area contributed by atoms with Crippen molar-refractivity contribution in [3.8, 4) is 21.6 Å². The molecule has 0 aliphatic rings. The number of hydrogen-bond donors (Lipinski definition) is 1. The van der Waals surface area contributed by atoms with Crippen LogP contribution in [-0.2, 0) is 13.3 Å². The van der Waals surface area contributed by atoms with Gasteiger partial charge in [0.2, 0.25) is 0 Å². The van der Waals surface area contributed by atoms with Gasteiger partial charge in [-0.3, -0.25) is 0 Å². The molecule has 0 spiro atoms. The zero-order chi connectivity index (χ0) is 26.9. The van der Waals surface area contributed by atoms with E-state index in [4.69, 9.17) is 13.3 Å². The van der Waals surface area contributed by atoms with Crippen LogP contribution in [0.5, 0.6) is 0 Å². The largest absolute Gasteiger partial charge is 0.547 e. The summed E-state index contributed by atoms with van der Waals surface area (Å²) in [6.07, 6.45) is 0. The lowest BCUT2D eigenvalue weighted by Crippen LogP contribution is -2.55. The van der Waals surface area contributed by atoms with Crippen LogP contribution >= 0.6 is 11.3 Å². The molecule has 0 radical (unpaired) electrons. The van der Waals surface area contributed by atoms with Crippen LogP contribution in [-0.4, -0.2) is 47.7 Å². The van der Waals surface area contributed by atoms with Crippen molar-refractivity contribution >= 4 is 52.1 Å². The van der Waals surface area contributed by atoms with Gasteiger partial charge in [-0.25, -0.2) is 0 Å². The van der Waals surface area contributed by atoms with E-state index in [1.807, 2.05) is 20.8 Å². The molecule has 0 atom stereocenters. The number of nitrogens with one attached hydrogen (secondary N) is 1.